The third kappa shape index (κ3) is 4.76. The second-order valence-corrected chi connectivity index (χ2v) is 4.89. The molecule has 1 amide bonds. The highest BCUT2D eigenvalue weighted by Gasteiger charge is 2.22. The summed E-state index contributed by atoms with van der Waals surface area (Å²) in [5, 5.41) is 0. The van der Waals surface area contributed by atoms with E-state index in [2.05, 4.69) is 6.58 Å². The van der Waals surface area contributed by atoms with Crippen molar-refractivity contribution in [1.29, 1.82) is 0 Å². The van der Waals surface area contributed by atoms with Crippen LogP contribution in [0.3, 0.4) is 0 Å². The van der Waals surface area contributed by atoms with Crippen molar-refractivity contribution in [2.75, 3.05) is 13.1 Å². The van der Waals surface area contributed by atoms with Crippen molar-refractivity contribution in [2.45, 2.75) is 32.6 Å². The van der Waals surface area contributed by atoms with Crippen LogP contribution in [0, 0.1) is 11.6 Å². The Kier molecular flexibility index (Phi) is 6.36. The Balaban J connectivity index is 0.000000612. The van der Waals surface area contributed by atoms with E-state index in [1.165, 1.54) is 12.1 Å². The van der Waals surface area contributed by atoms with Crippen LogP contribution in [0.2, 0.25) is 0 Å². The summed E-state index contributed by atoms with van der Waals surface area (Å²) in [5.41, 5.74) is 0.700. The fourth-order valence-corrected chi connectivity index (χ4v) is 2.34. The van der Waals surface area contributed by atoms with Crippen LogP contribution >= 0.6 is 0 Å². The maximum Gasteiger partial charge on any atom is 0.219 e. The van der Waals surface area contributed by atoms with Gasteiger partial charge in [-0.1, -0.05) is 6.08 Å². The van der Waals surface area contributed by atoms with Crippen LogP contribution in [0.5, 0.6) is 0 Å². The molecule has 0 N–H and O–H groups in total. The van der Waals surface area contributed by atoms with E-state index in [-0.39, 0.29) is 11.8 Å². The molecule has 110 valence electrons. The van der Waals surface area contributed by atoms with Crippen LogP contribution in [0.1, 0.15) is 38.2 Å². The molecule has 0 bridgehead atoms. The van der Waals surface area contributed by atoms with Crippen LogP contribution in [0.4, 0.5) is 8.78 Å². The molecule has 1 heterocycles. The minimum Gasteiger partial charge on any atom is -0.343 e. The van der Waals surface area contributed by atoms with Crippen molar-refractivity contribution >= 4 is 5.91 Å². The molecule has 1 fully saturated rings. The maximum atomic E-state index is 13.1. The lowest BCUT2D eigenvalue weighted by molar-refractivity contribution is -0.129. The van der Waals surface area contributed by atoms with Gasteiger partial charge in [0.25, 0.3) is 0 Å². The van der Waals surface area contributed by atoms with Crippen LogP contribution in [0.25, 0.3) is 0 Å². The van der Waals surface area contributed by atoms with E-state index in [0.717, 1.165) is 18.9 Å². The zero-order valence-electron chi connectivity index (χ0n) is 12.0. The van der Waals surface area contributed by atoms with E-state index in [1.54, 1.807) is 17.9 Å². The molecule has 1 saturated heterocycles. The normalized spacial score (nSPS) is 15.3. The number of benzene rings is 1. The molecule has 0 aromatic heterocycles. The lowest BCUT2D eigenvalue weighted by atomic mass is 9.89. The molecule has 0 unspecified atom stereocenters. The van der Waals surface area contributed by atoms with E-state index < -0.39 is 11.6 Å². The van der Waals surface area contributed by atoms with Crippen molar-refractivity contribution in [1.82, 2.24) is 4.90 Å². The third-order valence-electron chi connectivity index (χ3n) is 3.30. The second-order valence-electron chi connectivity index (χ2n) is 4.89. The number of halogens is 2. The molecule has 1 aliphatic heterocycles. The average Bonchev–Trinajstić information content (AvgIpc) is 2.38. The Labute approximate surface area is 119 Å². The SMILES string of the molecule is C=CC.CC(=O)N1CCC(c2cc(F)cc(F)c2)CC1. The Hall–Kier alpha value is -1.71. The first-order chi connectivity index (χ1) is 9.47. The molecule has 0 radical (unpaired) electrons. The molecule has 20 heavy (non-hydrogen) atoms. The second kappa shape index (κ2) is 7.78. The minimum absolute atomic E-state index is 0.0638. The number of hydrogen-bond acceptors (Lipinski definition) is 1. The Morgan fingerprint density at radius 1 is 1.25 bits per heavy atom. The number of likely N-dealkylation sites (tertiary alicyclic amines) is 1. The predicted octanol–water partition coefficient (Wildman–Crippen LogP) is 3.88. The maximum absolute atomic E-state index is 13.1. The van der Waals surface area contributed by atoms with Gasteiger partial charge in [-0.2, -0.15) is 0 Å². The van der Waals surface area contributed by atoms with Crippen molar-refractivity contribution in [3.05, 3.63) is 48.1 Å². The Morgan fingerprint density at radius 3 is 2.10 bits per heavy atom. The van der Waals surface area contributed by atoms with E-state index in [0.29, 0.717) is 18.7 Å². The summed E-state index contributed by atoms with van der Waals surface area (Å²) in [5.74, 6) is -0.854. The molecule has 1 aromatic rings. The molecule has 4 heteroatoms. The van der Waals surface area contributed by atoms with Gasteiger partial charge in [0.1, 0.15) is 11.6 Å². The lowest BCUT2D eigenvalue weighted by Crippen LogP contribution is -2.36. The summed E-state index contributed by atoms with van der Waals surface area (Å²) < 4.78 is 26.2. The molecule has 2 nitrogen and oxygen atoms in total. The molecule has 0 atom stereocenters. The fraction of sp³-hybridized carbons (Fsp3) is 0.438. The number of carbonyl (C=O) groups is 1. The number of rotatable bonds is 1. The van der Waals surface area contributed by atoms with E-state index in [9.17, 15) is 13.6 Å². The van der Waals surface area contributed by atoms with Gasteiger partial charge in [0.2, 0.25) is 5.91 Å². The van der Waals surface area contributed by atoms with Gasteiger partial charge in [-0.15, -0.1) is 6.58 Å². The van der Waals surface area contributed by atoms with Gasteiger partial charge >= 0.3 is 0 Å². The van der Waals surface area contributed by atoms with Crippen LogP contribution < -0.4 is 0 Å². The zero-order chi connectivity index (χ0) is 15.1. The first kappa shape index (κ1) is 16.3. The van der Waals surface area contributed by atoms with Crippen LogP contribution in [-0.4, -0.2) is 23.9 Å². The summed E-state index contributed by atoms with van der Waals surface area (Å²) >= 11 is 0. The van der Waals surface area contributed by atoms with Gasteiger partial charge in [0, 0.05) is 26.1 Å². The molecular weight excluding hydrogens is 260 g/mol. The van der Waals surface area contributed by atoms with Crippen molar-refractivity contribution < 1.29 is 13.6 Å². The highest BCUT2D eigenvalue weighted by molar-refractivity contribution is 5.73. The van der Waals surface area contributed by atoms with E-state index >= 15 is 0 Å². The summed E-state index contributed by atoms with van der Waals surface area (Å²) in [6, 6.07) is 3.66. The molecule has 1 aromatic carbocycles. The molecule has 1 aliphatic rings. The fourth-order valence-electron chi connectivity index (χ4n) is 2.34. The number of amides is 1. The van der Waals surface area contributed by atoms with Gasteiger partial charge < -0.3 is 4.90 Å². The molecule has 0 saturated carbocycles. The first-order valence-electron chi connectivity index (χ1n) is 6.76. The quantitative estimate of drug-likeness (QED) is 0.715. The van der Waals surface area contributed by atoms with E-state index in [4.69, 9.17) is 0 Å². The van der Waals surface area contributed by atoms with Crippen LogP contribution in [0.15, 0.2) is 30.9 Å². The number of nitrogens with zero attached hydrogens (tertiary/aromatic N) is 1. The van der Waals surface area contributed by atoms with Gasteiger partial charge in [-0.3, -0.25) is 4.79 Å². The topological polar surface area (TPSA) is 20.3 Å². The smallest absolute Gasteiger partial charge is 0.219 e. The van der Waals surface area contributed by atoms with Crippen molar-refractivity contribution in [3.8, 4) is 0 Å². The van der Waals surface area contributed by atoms with Crippen molar-refractivity contribution in [2.24, 2.45) is 0 Å². The molecule has 0 aliphatic carbocycles. The molecule has 2 rings (SSSR count). The zero-order valence-corrected chi connectivity index (χ0v) is 12.0. The summed E-state index contributed by atoms with van der Waals surface area (Å²) in [4.78, 5) is 12.9. The summed E-state index contributed by atoms with van der Waals surface area (Å²) in [6.07, 6.45) is 3.28. The predicted molar refractivity (Wildman–Crippen MR) is 76.5 cm³/mol. The van der Waals surface area contributed by atoms with Crippen molar-refractivity contribution in [3.63, 3.8) is 0 Å². The Morgan fingerprint density at radius 2 is 1.70 bits per heavy atom. The summed E-state index contributed by atoms with van der Waals surface area (Å²) in [7, 11) is 0. The highest BCUT2D eigenvalue weighted by Crippen LogP contribution is 2.28. The van der Waals surface area contributed by atoms with Gasteiger partial charge in [0.05, 0.1) is 0 Å². The number of piperidine rings is 1. The average molecular weight is 281 g/mol. The monoisotopic (exact) mass is 281 g/mol. The molecule has 0 spiro atoms. The first-order valence-corrected chi connectivity index (χ1v) is 6.76. The standard InChI is InChI=1S/C13H15F2NO.C3H6/c1-9(17)16-4-2-10(3-5-16)11-6-12(14)8-13(15)7-11;1-3-2/h6-8,10H,2-5H2,1H3;3H,1H2,2H3. The number of allylic oxidation sites excluding steroid dienone is 1. The molecular formula is C16H21F2NO. The van der Waals surface area contributed by atoms with Crippen LogP contribution in [-0.2, 0) is 4.79 Å². The van der Waals surface area contributed by atoms with Gasteiger partial charge in [-0.05, 0) is 43.4 Å². The minimum atomic E-state index is -0.533. The third-order valence-corrected chi connectivity index (χ3v) is 3.30. The van der Waals surface area contributed by atoms with Gasteiger partial charge in [-0.25, -0.2) is 8.78 Å². The lowest BCUT2D eigenvalue weighted by Gasteiger charge is -2.31. The van der Waals surface area contributed by atoms with E-state index in [1.807, 2.05) is 6.92 Å². The Bertz CT molecular complexity index is 445. The number of carbonyl (C=O) groups excluding carboxylic acids is 1. The summed E-state index contributed by atoms with van der Waals surface area (Å²) in [6.45, 7) is 8.12. The van der Waals surface area contributed by atoms with Gasteiger partial charge in [0.15, 0.2) is 0 Å². The largest absolute Gasteiger partial charge is 0.343 e. The number of hydrogen-bond donors (Lipinski definition) is 0. The highest BCUT2D eigenvalue weighted by atomic mass is 19.1.